The van der Waals surface area contributed by atoms with Gasteiger partial charge in [-0.2, -0.15) is 0 Å². The summed E-state index contributed by atoms with van der Waals surface area (Å²) in [7, 11) is 3.19. The number of imidazole rings is 1. The van der Waals surface area contributed by atoms with Crippen LogP contribution in [0.2, 0.25) is 0 Å². The van der Waals surface area contributed by atoms with Crippen LogP contribution in [0.15, 0.2) is 53.1 Å². The third kappa shape index (κ3) is 3.52. The van der Waals surface area contributed by atoms with Gasteiger partial charge in [0.15, 0.2) is 22.7 Å². The van der Waals surface area contributed by atoms with E-state index in [4.69, 9.17) is 4.74 Å². The smallest absolute Gasteiger partial charge is 0.333 e. The van der Waals surface area contributed by atoms with Gasteiger partial charge in [-0.3, -0.25) is 13.9 Å². The molecule has 0 amide bonds. The average molecular weight is 394 g/mol. The first kappa shape index (κ1) is 19.9. The Bertz CT molecular complexity index is 1240. The van der Waals surface area contributed by atoms with Crippen LogP contribution >= 0.6 is 0 Å². The first-order chi connectivity index (χ1) is 13.9. The van der Waals surface area contributed by atoms with Crippen molar-refractivity contribution in [3.05, 3.63) is 75.7 Å². The molecule has 8 heteroatoms. The van der Waals surface area contributed by atoms with E-state index in [2.05, 4.69) is 18.1 Å². The van der Waals surface area contributed by atoms with Gasteiger partial charge in [0.2, 0.25) is 0 Å². The van der Waals surface area contributed by atoms with E-state index in [0.29, 0.717) is 22.7 Å². The number of hydrogen-bond acceptors (Lipinski definition) is 5. The van der Waals surface area contributed by atoms with Crippen LogP contribution in [0.1, 0.15) is 11.4 Å². The molecule has 8 nitrogen and oxygen atoms in total. The van der Waals surface area contributed by atoms with E-state index in [1.807, 2.05) is 0 Å². The van der Waals surface area contributed by atoms with Gasteiger partial charge in [0.05, 0.1) is 7.11 Å². The van der Waals surface area contributed by atoms with Crippen molar-refractivity contribution < 1.29 is 9.84 Å². The van der Waals surface area contributed by atoms with Crippen LogP contribution in [0.3, 0.4) is 0 Å². The fraction of sp³-hybridized carbons (Fsp3) is 0.190. The molecule has 0 fully saturated rings. The maximum absolute atomic E-state index is 12.9. The van der Waals surface area contributed by atoms with Crippen molar-refractivity contribution >= 4 is 23.3 Å². The lowest BCUT2D eigenvalue weighted by molar-refractivity contribution is 0.373. The van der Waals surface area contributed by atoms with E-state index >= 15 is 0 Å². The van der Waals surface area contributed by atoms with E-state index in [-0.39, 0.29) is 18.8 Å². The summed E-state index contributed by atoms with van der Waals surface area (Å²) in [6.07, 6.45) is 6.59. The van der Waals surface area contributed by atoms with Gasteiger partial charge >= 0.3 is 5.69 Å². The summed E-state index contributed by atoms with van der Waals surface area (Å²) >= 11 is 0. The van der Waals surface area contributed by atoms with E-state index in [0.717, 1.165) is 10.1 Å². The topological polar surface area (TPSA) is 91.3 Å². The van der Waals surface area contributed by atoms with Crippen LogP contribution in [-0.2, 0) is 20.1 Å². The molecule has 0 saturated heterocycles. The molecule has 1 aromatic carbocycles. The zero-order chi connectivity index (χ0) is 21.1. The van der Waals surface area contributed by atoms with Crippen molar-refractivity contribution in [1.29, 1.82) is 0 Å². The van der Waals surface area contributed by atoms with Gasteiger partial charge < -0.3 is 14.4 Å². The quantitative estimate of drug-likeness (QED) is 0.620. The van der Waals surface area contributed by atoms with E-state index in [1.165, 1.54) is 23.8 Å². The number of aryl methyl sites for hydroxylation is 1. The number of nitrogens with zero attached hydrogens (tertiary/aromatic N) is 4. The number of aromatic nitrogens is 4. The van der Waals surface area contributed by atoms with Crippen molar-refractivity contribution in [2.45, 2.75) is 13.1 Å². The molecule has 150 valence electrons. The number of phenolic OH excluding ortho intramolecular Hbond substituents is 1. The SMILES string of the molecule is C=CCn1c(=O)c2c(nc(/C=C/c3ccc(O)c(OC)c3)n2C)n(CC=C)c1=O. The monoisotopic (exact) mass is 394 g/mol. The molecule has 2 heterocycles. The predicted molar refractivity (Wildman–Crippen MR) is 113 cm³/mol. The zero-order valence-corrected chi connectivity index (χ0v) is 16.3. The van der Waals surface area contributed by atoms with E-state index in [9.17, 15) is 14.7 Å². The minimum atomic E-state index is -0.459. The van der Waals surface area contributed by atoms with Crippen LogP contribution in [-0.4, -0.2) is 30.9 Å². The minimum absolute atomic E-state index is 0.0450. The van der Waals surface area contributed by atoms with Gasteiger partial charge in [-0.25, -0.2) is 9.78 Å². The lowest BCUT2D eigenvalue weighted by atomic mass is 10.2. The molecule has 0 aliphatic carbocycles. The molecule has 1 N–H and O–H groups in total. The third-order valence-corrected chi connectivity index (χ3v) is 4.53. The number of benzene rings is 1. The Balaban J connectivity index is 2.19. The number of methoxy groups -OCH3 is 1. The molecular weight excluding hydrogens is 372 g/mol. The molecule has 0 spiro atoms. The third-order valence-electron chi connectivity index (χ3n) is 4.53. The van der Waals surface area contributed by atoms with Crippen molar-refractivity contribution in [3.63, 3.8) is 0 Å². The van der Waals surface area contributed by atoms with Crippen LogP contribution < -0.4 is 16.0 Å². The number of allylic oxidation sites excluding steroid dienone is 2. The average Bonchev–Trinajstić information content (AvgIpc) is 3.04. The van der Waals surface area contributed by atoms with E-state index in [1.54, 1.807) is 42.0 Å². The molecule has 2 aromatic heterocycles. The summed E-state index contributed by atoms with van der Waals surface area (Å²) in [5, 5.41) is 9.72. The second-order valence-electron chi connectivity index (χ2n) is 6.35. The number of hydrogen-bond donors (Lipinski definition) is 1. The van der Waals surface area contributed by atoms with Crippen molar-refractivity contribution in [3.8, 4) is 11.5 Å². The minimum Gasteiger partial charge on any atom is -0.504 e. The summed E-state index contributed by atoms with van der Waals surface area (Å²) in [6, 6.07) is 4.93. The molecule has 29 heavy (non-hydrogen) atoms. The molecule has 0 bridgehead atoms. The number of phenols is 1. The van der Waals surface area contributed by atoms with Gasteiger partial charge in [-0.15, -0.1) is 13.2 Å². The number of ether oxygens (including phenoxy) is 1. The Morgan fingerprint density at radius 1 is 1.14 bits per heavy atom. The first-order valence-corrected chi connectivity index (χ1v) is 8.89. The fourth-order valence-electron chi connectivity index (χ4n) is 3.08. The highest BCUT2D eigenvalue weighted by Gasteiger charge is 2.18. The maximum atomic E-state index is 12.9. The van der Waals surface area contributed by atoms with Gasteiger partial charge in [-0.05, 0) is 23.8 Å². The summed E-state index contributed by atoms with van der Waals surface area (Å²) in [5.74, 6) is 0.894. The number of aromatic hydroxyl groups is 1. The molecule has 0 unspecified atom stereocenters. The molecule has 0 aliphatic heterocycles. The molecule has 0 saturated carbocycles. The lowest BCUT2D eigenvalue weighted by Gasteiger charge is -2.08. The molecular formula is C21H22N4O4. The Labute approximate surface area is 166 Å². The fourth-order valence-corrected chi connectivity index (χ4v) is 3.08. The summed E-state index contributed by atoms with van der Waals surface area (Å²) in [6.45, 7) is 7.63. The Morgan fingerprint density at radius 2 is 1.83 bits per heavy atom. The normalized spacial score (nSPS) is 11.2. The molecule has 0 radical (unpaired) electrons. The van der Waals surface area contributed by atoms with Gasteiger partial charge in [0.25, 0.3) is 5.56 Å². The number of fused-ring (bicyclic) bond motifs is 1. The highest BCUT2D eigenvalue weighted by Crippen LogP contribution is 2.27. The maximum Gasteiger partial charge on any atom is 0.333 e. The summed E-state index contributed by atoms with van der Waals surface area (Å²) in [5.41, 5.74) is 0.506. The van der Waals surface area contributed by atoms with Crippen LogP contribution in [0.4, 0.5) is 0 Å². The van der Waals surface area contributed by atoms with Crippen LogP contribution in [0.5, 0.6) is 11.5 Å². The van der Waals surface area contributed by atoms with Gasteiger partial charge in [0.1, 0.15) is 5.82 Å². The molecule has 0 atom stereocenters. The van der Waals surface area contributed by atoms with Crippen molar-refractivity contribution in [2.75, 3.05) is 7.11 Å². The standard InChI is InChI=1S/C21H22N4O4/c1-5-11-24-19-18(20(27)25(12-6-2)21(24)28)23(3)17(22-19)10-8-14-7-9-15(26)16(13-14)29-4/h5-10,13,26H,1-2,11-12H2,3-4H3/b10-8+. The second kappa shape index (κ2) is 8.05. The number of rotatable bonds is 7. The highest BCUT2D eigenvalue weighted by atomic mass is 16.5. The predicted octanol–water partition coefficient (Wildman–Crippen LogP) is 2.15. The van der Waals surface area contributed by atoms with Crippen LogP contribution in [0, 0.1) is 0 Å². The summed E-state index contributed by atoms with van der Waals surface area (Å²) in [4.78, 5) is 30.1. The van der Waals surface area contributed by atoms with Gasteiger partial charge in [0, 0.05) is 20.1 Å². The van der Waals surface area contributed by atoms with Crippen molar-refractivity contribution in [1.82, 2.24) is 18.7 Å². The first-order valence-electron chi connectivity index (χ1n) is 8.89. The van der Waals surface area contributed by atoms with Gasteiger partial charge in [-0.1, -0.05) is 24.3 Å². The molecule has 3 aromatic rings. The highest BCUT2D eigenvalue weighted by molar-refractivity contribution is 5.77. The van der Waals surface area contributed by atoms with Crippen LogP contribution in [0.25, 0.3) is 23.3 Å². The lowest BCUT2D eigenvalue weighted by Crippen LogP contribution is -2.40. The Kier molecular flexibility index (Phi) is 5.54. The molecule has 3 rings (SSSR count). The van der Waals surface area contributed by atoms with Crippen molar-refractivity contribution in [2.24, 2.45) is 7.05 Å². The largest absolute Gasteiger partial charge is 0.504 e. The Hall–Kier alpha value is -3.81. The Morgan fingerprint density at radius 3 is 2.48 bits per heavy atom. The second-order valence-corrected chi connectivity index (χ2v) is 6.35. The zero-order valence-electron chi connectivity index (χ0n) is 16.3. The molecule has 0 aliphatic rings. The summed E-state index contributed by atoms with van der Waals surface area (Å²) < 4.78 is 9.29. The van der Waals surface area contributed by atoms with E-state index < -0.39 is 11.2 Å².